The van der Waals surface area contributed by atoms with Crippen molar-refractivity contribution in [2.24, 2.45) is 5.92 Å². The second-order valence-corrected chi connectivity index (χ2v) is 6.76. The number of aliphatic hydroxyl groups is 1. The summed E-state index contributed by atoms with van der Waals surface area (Å²) in [4.78, 5) is 13.9. The highest BCUT2D eigenvalue weighted by molar-refractivity contribution is 5.70. The van der Waals surface area contributed by atoms with E-state index in [1.165, 1.54) is 4.90 Å². The number of hydrogen-bond donors (Lipinski definition) is 1. The largest absolute Gasteiger partial charge is 0.444 e. The minimum Gasteiger partial charge on any atom is -0.444 e. The highest BCUT2D eigenvalue weighted by Gasteiger charge is 2.48. The molecule has 0 spiro atoms. The van der Waals surface area contributed by atoms with Gasteiger partial charge in [0.15, 0.2) is 0 Å². The Labute approximate surface area is 121 Å². The molecular weight excluding hydrogens is 258 g/mol. The van der Waals surface area contributed by atoms with E-state index < -0.39 is 29.6 Å². The lowest BCUT2D eigenvalue weighted by molar-refractivity contribution is -0.0692. The molecule has 5 nitrogen and oxygen atoms in total. The predicted molar refractivity (Wildman–Crippen MR) is 77.3 cm³/mol. The molecule has 0 aliphatic carbocycles. The molecule has 0 saturated carbocycles. The molecule has 1 heterocycles. The van der Waals surface area contributed by atoms with Crippen LogP contribution in [0.1, 0.15) is 41.5 Å². The Bertz CT molecular complexity index is 373. The average Bonchev–Trinajstić information content (AvgIpc) is 2.60. The Hall–Kier alpha value is -1.07. The molecule has 1 aliphatic heterocycles. The maximum absolute atomic E-state index is 12.4. The van der Waals surface area contributed by atoms with Crippen LogP contribution in [0.25, 0.3) is 0 Å². The highest BCUT2D eigenvalue weighted by Crippen LogP contribution is 2.32. The van der Waals surface area contributed by atoms with Crippen molar-refractivity contribution in [2.45, 2.75) is 65.0 Å². The predicted octanol–water partition coefficient (Wildman–Crippen LogP) is 2.54. The third-order valence-corrected chi connectivity index (χ3v) is 3.41. The number of nitrogens with zero attached hydrogens (tertiary/aromatic N) is 1. The van der Waals surface area contributed by atoms with E-state index in [-0.39, 0.29) is 12.5 Å². The van der Waals surface area contributed by atoms with Gasteiger partial charge in [-0.25, -0.2) is 4.79 Å². The van der Waals surface area contributed by atoms with Gasteiger partial charge >= 0.3 is 6.09 Å². The van der Waals surface area contributed by atoms with Gasteiger partial charge in [-0.05, 0) is 34.6 Å². The lowest BCUT2D eigenvalue weighted by Gasteiger charge is -2.37. The fourth-order valence-electron chi connectivity index (χ4n) is 2.24. The van der Waals surface area contributed by atoms with Crippen LogP contribution in [0.5, 0.6) is 0 Å². The van der Waals surface area contributed by atoms with Gasteiger partial charge in [-0.2, -0.15) is 0 Å². The minimum atomic E-state index is -0.797. The van der Waals surface area contributed by atoms with Gasteiger partial charge in [-0.1, -0.05) is 13.0 Å². The Morgan fingerprint density at radius 2 is 2.10 bits per heavy atom. The first-order valence-corrected chi connectivity index (χ1v) is 6.96. The average molecular weight is 285 g/mol. The highest BCUT2D eigenvalue weighted by atomic mass is 16.6. The summed E-state index contributed by atoms with van der Waals surface area (Å²) in [7, 11) is 0. The summed E-state index contributed by atoms with van der Waals surface area (Å²) in [5.74, 6) is -0.137. The molecule has 0 unspecified atom stereocenters. The topological polar surface area (TPSA) is 59.0 Å². The van der Waals surface area contributed by atoms with Crippen molar-refractivity contribution in [3.05, 3.63) is 12.7 Å². The molecule has 1 aliphatic rings. The molecule has 0 aromatic carbocycles. The zero-order valence-corrected chi connectivity index (χ0v) is 13.3. The third-order valence-electron chi connectivity index (χ3n) is 3.41. The maximum atomic E-state index is 12.4. The first kappa shape index (κ1) is 17.0. The zero-order valence-electron chi connectivity index (χ0n) is 13.3. The molecule has 0 bridgehead atoms. The molecule has 1 amide bonds. The molecule has 5 heteroatoms. The molecule has 116 valence electrons. The van der Waals surface area contributed by atoms with Crippen LogP contribution in [-0.2, 0) is 9.47 Å². The van der Waals surface area contributed by atoms with Crippen LogP contribution < -0.4 is 0 Å². The Morgan fingerprint density at radius 1 is 1.55 bits per heavy atom. The standard InChI is InChI=1S/C15H27NO4/c1-8-10(2)12(17)11-9-19-15(6,7)16(11)13(18)20-14(3,4)5/h8,10-12,17H,1,9H2,2-7H3/t10-,11+,12+/m1/s1. The zero-order chi connectivity index (χ0) is 15.7. The molecule has 20 heavy (non-hydrogen) atoms. The molecular formula is C15H27NO4. The van der Waals surface area contributed by atoms with Crippen LogP contribution in [-0.4, -0.2) is 46.2 Å². The van der Waals surface area contributed by atoms with Gasteiger partial charge in [0.05, 0.1) is 18.8 Å². The Kier molecular flexibility index (Phi) is 4.87. The van der Waals surface area contributed by atoms with Crippen molar-refractivity contribution >= 4 is 6.09 Å². The van der Waals surface area contributed by atoms with Crippen LogP contribution in [0.15, 0.2) is 12.7 Å². The van der Waals surface area contributed by atoms with Gasteiger partial charge in [0.25, 0.3) is 0 Å². The second-order valence-electron chi connectivity index (χ2n) is 6.76. The fourth-order valence-corrected chi connectivity index (χ4v) is 2.24. The number of amides is 1. The first-order valence-electron chi connectivity index (χ1n) is 6.96. The summed E-state index contributed by atoms with van der Waals surface area (Å²) in [5.41, 5.74) is -1.38. The quantitative estimate of drug-likeness (QED) is 0.810. The van der Waals surface area contributed by atoms with Crippen molar-refractivity contribution in [1.29, 1.82) is 0 Å². The molecule has 1 rings (SSSR count). The first-order chi connectivity index (χ1) is 8.99. The van der Waals surface area contributed by atoms with Gasteiger partial charge < -0.3 is 14.6 Å². The van der Waals surface area contributed by atoms with Gasteiger partial charge in [0.1, 0.15) is 11.3 Å². The summed E-state index contributed by atoms with van der Waals surface area (Å²) in [6, 6.07) is -0.437. The number of hydrogen-bond acceptors (Lipinski definition) is 4. The molecule has 0 aromatic heterocycles. The van der Waals surface area contributed by atoms with Crippen LogP contribution >= 0.6 is 0 Å². The normalized spacial score (nSPS) is 25.1. The van der Waals surface area contributed by atoms with E-state index in [2.05, 4.69) is 6.58 Å². The fraction of sp³-hybridized carbons (Fsp3) is 0.800. The van der Waals surface area contributed by atoms with Crippen molar-refractivity contribution < 1.29 is 19.4 Å². The molecule has 1 fully saturated rings. The summed E-state index contributed by atoms with van der Waals surface area (Å²) in [6.45, 7) is 14.8. The number of carbonyl (C=O) groups is 1. The van der Waals surface area contributed by atoms with Crippen molar-refractivity contribution in [1.82, 2.24) is 4.90 Å². The van der Waals surface area contributed by atoms with Crippen LogP contribution in [0.2, 0.25) is 0 Å². The van der Waals surface area contributed by atoms with Gasteiger partial charge in [0, 0.05) is 5.92 Å². The molecule has 3 atom stereocenters. The molecule has 1 saturated heterocycles. The van der Waals surface area contributed by atoms with Crippen molar-refractivity contribution in [2.75, 3.05) is 6.61 Å². The Balaban J connectivity index is 2.96. The number of rotatable bonds is 3. The van der Waals surface area contributed by atoms with Crippen LogP contribution in [0, 0.1) is 5.92 Å². The van der Waals surface area contributed by atoms with Crippen LogP contribution in [0.4, 0.5) is 4.79 Å². The van der Waals surface area contributed by atoms with E-state index in [0.717, 1.165) is 0 Å². The van der Waals surface area contributed by atoms with E-state index in [0.29, 0.717) is 0 Å². The minimum absolute atomic E-state index is 0.137. The van der Waals surface area contributed by atoms with E-state index in [1.807, 2.05) is 27.7 Å². The van der Waals surface area contributed by atoms with Crippen molar-refractivity contribution in [3.8, 4) is 0 Å². The maximum Gasteiger partial charge on any atom is 0.412 e. The van der Waals surface area contributed by atoms with E-state index >= 15 is 0 Å². The number of aliphatic hydroxyl groups excluding tert-OH is 1. The van der Waals surface area contributed by atoms with Gasteiger partial charge in [-0.15, -0.1) is 6.58 Å². The van der Waals surface area contributed by atoms with Gasteiger partial charge in [0.2, 0.25) is 0 Å². The summed E-state index contributed by atoms with van der Waals surface area (Å²) in [6.07, 6.45) is 0.464. The lowest BCUT2D eigenvalue weighted by Crippen LogP contribution is -2.54. The molecule has 0 aromatic rings. The summed E-state index contributed by atoms with van der Waals surface area (Å²) < 4.78 is 11.1. The second kappa shape index (κ2) is 5.74. The lowest BCUT2D eigenvalue weighted by atomic mass is 9.97. The van der Waals surface area contributed by atoms with Gasteiger partial charge in [-0.3, -0.25) is 4.90 Å². The summed E-state index contributed by atoms with van der Waals surface area (Å²) >= 11 is 0. The number of carbonyl (C=O) groups excluding carboxylic acids is 1. The SMILES string of the molecule is C=C[C@@H](C)[C@H](O)[C@@H]1COC(C)(C)N1C(=O)OC(C)(C)C. The smallest absolute Gasteiger partial charge is 0.412 e. The monoisotopic (exact) mass is 285 g/mol. The summed E-state index contributed by atoms with van der Waals surface area (Å²) in [5, 5.41) is 10.4. The van der Waals surface area contributed by atoms with Crippen LogP contribution in [0.3, 0.4) is 0 Å². The van der Waals surface area contributed by atoms with Crippen molar-refractivity contribution in [3.63, 3.8) is 0 Å². The van der Waals surface area contributed by atoms with E-state index in [4.69, 9.17) is 9.47 Å². The Morgan fingerprint density at radius 3 is 2.55 bits per heavy atom. The number of ether oxygens (including phenoxy) is 2. The molecule has 0 radical (unpaired) electrons. The van der Waals surface area contributed by atoms with E-state index in [9.17, 15) is 9.90 Å². The van der Waals surface area contributed by atoms with E-state index in [1.54, 1.807) is 19.9 Å². The molecule has 1 N–H and O–H groups in total. The third kappa shape index (κ3) is 3.73.